The van der Waals surface area contributed by atoms with Crippen LogP contribution >= 0.6 is 0 Å². The maximum Gasteiger partial charge on any atom is 0.269 e. The Bertz CT molecular complexity index is 363. The topological polar surface area (TPSA) is 46.4 Å². The summed E-state index contributed by atoms with van der Waals surface area (Å²) < 4.78 is 0. The van der Waals surface area contributed by atoms with Crippen molar-refractivity contribution in [2.45, 2.75) is 6.54 Å². The molecule has 0 aliphatic carbocycles. The number of nitro benzene ring substituents is 1. The summed E-state index contributed by atoms with van der Waals surface area (Å²) in [7, 11) is 1.94. The third-order valence-electron chi connectivity index (χ3n) is 2.01. The third-order valence-corrected chi connectivity index (χ3v) is 2.01. The van der Waals surface area contributed by atoms with E-state index in [4.69, 9.17) is 0 Å². The average Bonchev–Trinajstić information content (AvgIpc) is 2.18. The van der Waals surface area contributed by atoms with Crippen LogP contribution in [0.15, 0.2) is 36.9 Å². The van der Waals surface area contributed by atoms with Gasteiger partial charge in [0.25, 0.3) is 5.69 Å². The van der Waals surface area contributed by atoms with E-state index in [0.29, 0.717) is 6.54 Å². The maximum absolute atomic E-state index is 10.5. The van der Waals surface area contributed by atoms with Gasteiger partial charge in [0.1, 0.15) is 0 Å². The monoisotopic (exact) mass is 206 g/mol. The van der Waals surface area contributed by atoms with Crippen LogP contribution in [-0.4, -0.2) is 23.4 Å². The van der Waals surface area contributed by atoms with Gasteiger partial charge in [-0.15, -0.1) is 6.58 Å². The minimum atomic E-state index is -0.378. The lowest BCUT2D eigenvalue weighted by molar-refractivity contribution is -0.384. The summed E-state index contributed by atoms with van der Waals surface area (Å²) >= 11 is 0. The molecule has 1 rings (SSSR count). The fourth-order valence-corrected chi connectivity index (χ4v) is 1.36. The van der Waals surface area contributed by atoms with Gasteiger partial charge in [0, 0.05) is 25.2 Å². The number of benzene rings is 1. The Morgan fingerprint density at radius 1 is 1.60 bits per heavy atom. The Labute approximate surface area is 89.0 Å². The molecule has 0 fully saturated rings. The zero-order valence-electron chi connectivity index (χ0n) is 8.72. The summed E-state index contributed by atoms with van der Waals surface area (Å²) in [6.07, 6.45) is 1.80. The number of hydrogen-bond donors (Lipinski definition) is 0. The molecule has 0 unspecified atom stereocenters. The van der Waals surface area contributed by atoms with Crippen LogP contribution in [0, 0.1) is 10.1 Å². The Hall–Kier alpha value is -1.68. The summed E-state index contributed by atoms with van der Waals surface area (Å²) in [5, 5.41) is 10.5. The lowest BCUT2D eigenvalue weighted by atomic mass is 10.2. The highest BCUT2D eigenvalue weighted by Crippen LogP contribution is 2.14. The molecule has 0 spiro atoms. The van der Waals surface area contributed by atoms with Gasteiger partial charge in [-0.2, -0.15) is 0 Å². The summed E-state index contributed by atoms with van der Waals surface area (Å²) in [4.78, 5) is 12.2. The van der Waals surface area contributed by atoms with Crippen molar-refractivity contribution in [3.05, 3.63) is 52.6 Å². The minimum Gasteiger partial charge on any atom is -0.298 e. The Balaban J connectivity index is 2.73. The highest BCUT2D eigenvalue weighted by molar-refractivity contribution is 5.34. The first-order chi connectivity index (χ1) is 7.13. The van der Waals surface area contributed by atoms with E-state index in [9.17, 15) is 10.1 Å². The van der Waals surface area contributed by atoms with Crippen molar-refractivity contribution in [3.63, 3.8) is 0 Å². The average molecular weight is 206 g/mol. The first-order valence-corrected chi connectivity index (χ1v) is 4.66. The second-order valence-electron chi connectivity index (χ2n) is 3.41. The highest BCUT2D eigenvalue weighted by atomic mass is 16.6. The van der Waals surface area contributed by atoms with E-state index in [1.54, 1.807) is 18.2 Å². The fourth-order valence-electron chi connectivity index (χ4n) is 1.36. The summed E-state index contributed by atoms with van der Waals surface area (Å²) in [6, 6.07) is 6.68. The number of likely N-dealkylation sites (N-methyl/N-ethyl adjacent to an activating group) is 1. The van der Waals surface area contributed by atoms with Crippen molar-refractivity contribution in [2.24, 2.45) is 0 Å². The van der Waals surface area contributed by atoms with Crippen molar-refractivity contribution in [1.82, 2.24) is 4.90 Å². The van der Waals surface area contributed by atoms with Gasteiger partial charge in [-0.1, -0.05) is 18.2 Å². The van der Waals surface area contributed by atoms with Crippen LogP contribution in [0.4, 0.5) is 5.69 Å². The zero-order chi connectivity index (χ0) is 11.3. The summed E-state index contributed by atoms with van der Waals surface area (Å²) in [5.41, 5.74) is 1.08. The number of rotatable bonds is 5. The van der Waals surface area contributed by atoms with Crippen LogP contribution in [-0.2, 0) is 6.54 Å². The van der Waals surface area contributed by atoms with Crippen LogP contribution in [0.3, 0.4) is 0 Å². The standard InChI is InChI=1S/C11H14N2O2/c1-3-7-12(2)9-10-5-4-6-11(8-10)13(14)15/h3-6,8H,1,7,9H2,2H3. The van der Waals surface area contributed by atoms with E-state index in [0.717, 1.165) is 12.1 Å². The number of hydrogen-bond acceptors (Lipinski definition) is 3. The molecule has 80 valence electrons. The molecule has 0 bridgehead atoms. The highest BCUT2D eigenvalue weighted by Gasteiger charge is 2.06. The number of nitrogens with zero attached hydrogens (tertiary/aromatic N) is 2. The molecule has 0 aliphatic heterocycles. The van der Waals surface area contributed by atoms with Crippen molar-refractivity contribution in [2.75, 3.05) is 13.6 Å². The predicted octanol–water partition coefficient (Wildman–Crippen LogP) is 2.21. The minimum absolute atomic E-state index is 0.138. The van der Waals surface area contributed by atoms with Gasteiger partial charge in [0.2, 0.25) is 0 Å². The van der Waals surface area contributed by atoms with Gasteiger partial charge < -0.3 is 0 Å². The van der Waals surface area contributed by atoms with Gasteiger partial charge in [-0.25, -0.2) is 0 Å². The third kappa shape index (κ3) is 3.52. The molecule has 0 aliphatic rings. The Morgan fingerprint density at radius 2 is 2.33 bits per heavy atom. The Kier molecular flexibility index (Phi) is 4.00. The summed E-state index contributed by atoms with van der Waals surface area (Å²) in [5.74, 6) is 0. The first-order valence-electron chi connectivity index (χ1n) is 4.66. The van der Waals surface area contributed by atoms with Crippen molar-refractivity contribution in [1.29, 1.82) is 0 Å². The van der Waals surface area contributed by atoms with E-state index < -0.39 is 0 Å². The smallest absolute Gasteiger partial charge is 0.269 e. The molecule has 4 heteroatoms. The zero-order valence-corrected chi connectivity index (χ0v) is 8.72. The largest absolute Gasteiger partial charge is 0.298 e. The van der Waals surface area contributed by atoms with Crippen LogP contribution in [0.25, 0.3) is 0 Å². The van der Waals surface area contributed by atoms with Gasteiger partial charge >= 0.3 is 0 Å². The van der Waals surface area contributed by atoms with E-state index in [1.165, 1.54) is 6.07 Å². The maximum atomic E-state index is 10.5. The predicted molar refractivity (Wildman–Crippen MR) is 59.6 cm³/mol. The molecule has 4 nitrogen and oxygen atoms in total. The SMILES string of the molecule is C=CCN(C)Cc1cccc([N+](=O)[O-])c1. The molecule has 1 aromatic carbocycles. The van der Waals surface area contributed by atoms with Crippen molar-refractivity contribution < 1.29 is 4.92 Å². The second kappa shape index (κ2) is 5.26. The van der Waals surface area contributed by atoms with Crippen LogP contribution in [0.2, 0.25) is 0 Å². The molecule has 0 heterocycles. The molecule has 0 saturated carbocycles. The molecule has 0 saturated heterocycles. The molecule has 0 N–H and O–H groups in total. The normalized spacial score (nSPS) is 10.3. The molecule has 0 radical (unpaired) electrons. The molecule has 1 aromatic rings. The van der Waals surface area contributed by atoms with Crippen molar-refractivity contribution in [3.8, 4) is 0 Å². The summed E-state index contributed by atoms with van der Waals surface area (Å²) in [6.45, 7) is 5.09. The molecule has 0 amide bonds. The van der Waals surface area contributed by atoms with E-state index in [-0.39, 0.29) is 10.6 Å². The second-order valence-corrected chi connectivity index (χ2v) is 3.41. The Morgan fingerprint density at radius 3 is 2.93 bits per heavy atom. The van der Waals surface area contributed by atoms with Crippen molar-refractivity contribution >= 4 is 5.69 Å². The van der Waals surface area contributed by atoms with Gasteiger partial charge in [0.15, 0.2) is 0 Å². The van der Waals surface area contributed by atoms with Crippen LogP contribution in [0.5, 0.6) is 0 Å². The molecular formula is C11H14N2O2. The molecule has 15 heavy (non-hydrogen) atoms. The molecule has 0 aromatic heterocycles. The van der Waals surface area contributed by atoms with E-state index >= 15 is 0 Å². The van der Waals surface area contributed by atoms with E-state index in [2.05, 4.69) is 6.58 Å². The van der Waals surface area contributed by atoms with Gasteiger partial charge in [-0.3, -0.25) is 15.0 Å². The quantitative estimate of drug-likeness (QED) is 0.421. The molecular weight excluding hydrogens is 192 g/mol. The fraction of sp³-hybridized carbons (Fsp3) is 0.273. The van der Waals surface area contributed by atoms with Gasteiger partial charge in [0.05, 0.1) is 4.92 Å². The lowest BCUT2D eigenvalue weighted by Gasteiger charge is -2.13. The van der Waals surface area contributed by atoms with E-state index in [1.807, 2.05) is 18.0 Å². The number of nitro groups is 1. The first kappa shape index (κ1) is 11.4. The molecule has 0 atom stereocenters. The number of non-ortho nitro benzene ring substituents is 1. The van der Waals surface area contributed by atoms with Crippen LogP contribution < -0.4 is 0 Å². The lowest BCUT2D eigenvalue weighted by Crippen LogP contribution is -2.17. The van der Waals surface area contributed by atoms with Gasteiger partial charge in [-0.05, 0) is 12.6 Å². The van der Waals surface area contributed by atoms with Crippen LogP contribution in [0.1, 0.15) is 5.56 Å².